The van der Waals surface area contributed by atoms with E-state index in [1.165, 1.54) is 0 Å². The minimum atomic E-state index is -0.450. The maximum atomic E-state index is 11.0. The van der Waals surface area contributed by atoms with Gasteiger partial charge in [-0.1, -0.05) is 12.1 Å². The van der Waals surface area contributed by atoms with Crippen LogP contribution in [0.2, 0.25) is 0 Å². The van der Waals surface area contributed by atoms with Crippen molar-refractivity contribution in [1.82, 2.24) is 9.55 Å². The van der Waals surface area contributed by atoms with Crippen molar-refractivity contribution in [1.29, 1.82) is 0 Å². The molecular weight excluding hydrogens is 230 g/mol. The summed E-state index contributed by atoms with van der Waals surface area (Å²) in [5, 5.41) is 9.40. The number of rotatable bonds is 4. The largest absolute Gasteiger partial charge is 0.392 e. The van der Waals surface area contributed by atoms with Crippen LogP contribution in [-0.2, 0) is 6.54 Å². The van der Waals surface area contributed by atoms with Gasteiger partial charge in [0.25, 0.3) is 0 Å². The summed E-state index contributed by atoms with van der Waals surface area (Å²) in [5.74, 6) is 0.306. The monoisotopic (exact) mass is 245 g/mol. The molecule has 0 radical (unpaired) electrons. The fourth-order valence-corrected chi connectivity index (χ4v) is 1.79. The van der Waals surface area contributed by atoms with Gasteiger partial charge in [-0.3, -0.25) is 4.79 Å². The molecule has 3 N–H and O–H groups in total. The highest BCUT2D eigenvalue weighted by Gasteiger charge is 2.08. The third-order valence-electron chi connectivity index (χ3n) is 2.60. The molecule has 0 aliphatic heterocycles. The van der Waals surface area contributed by atoms with Crippen LogP contribution in [0.25, 0.3) is 11.4 Å². The van der Waals surface area contributed by atoms with Gasteiger partial charge in [-0.05, 0) is 19.1 Å². The summed E-state index contributed by atoms with van der Waals surface area (Å²) in [4.78, 5) is 15.2. The van der Waals surface area contributed by atoms with Gasteiger partial charge in [-0.25, -0.2) is 4.98 Å². The fourth-order valence-electron chi connectivity index (χ4n) is 1.79. The Morgan fingerprint density at radius 1 is 1.44 bits per heavy atom. The van der Waals surface area contributed by atoms with Gasteiger partial charge < -0.3 is 15.4 Å². The summed E-state index contributed by atoms with van der Waals surface area (Å²) in [6.07, 6.45) is 3.05. The summed E-state index contributed by atoms with van der Waals surface area (Å²) in [7, 11) is 0. The van der Waals surface area contributed by atoms with E-state index in [9.17, 15) is 9.90 Å². The summed E-state index contributed by atoms with van der Waals surface area (Å²) >= 11 is 0. The number of aromatic nitrogens is 2. The second-order valence-electron chi connectivity index (χ2n) is 4.19. The lowest BCUT2D eigenvalue weighted by Gasteiger charge is -2.09. The Labute approximate surface area is 105 Å². The van der Waals surface area contributed by atoms with Crippen molar-refractivity contribution >= 4 is 5.91 Å². The molecule has 0 saturated carbocycles. The lowest BCUT2D eigenvalue weighted by molar-refractivity contribution is 0.100. The normalized spacial score (nSPS) is 12.3. The number of aliphatic hydroxyl groups is 1. The number of amides is 1. The number of nitrogens with two attached hydrogens (primary N) is 1. The molecule has 0 aliphatic carbocycles. The molecule has 5 heteroatoms. The Hall–Kier alpha value is -2.14. The van der Waals surface area contributed by atoms with E-state index in [1.807, 2.05) is 10.8 Å². The summed E-state index contributed by atoms with van der Waals surface area (Å²) in [6.45, 7) is 2.20. The van der Waals surface area contributed by atoms with Gasteiger partial charge >= 0.3 is 0 Å². The van der Waals surface area contributed by atoms with Gasteiger partial charge in [0.2, 0.25) is 5.91 Å². The van der Waals surface area contributed by atoms with E-state index >= 15 is 0 Å². The van der Waals surface area contributed by atoms with Crippen LogP contribution in [0.4, 0.5) is 0 Å². The molecular formula is C13H15N3O2. The van der Waals surface area contributed by atoms with E-state index in [0.29, 0.717) is 12.1 Å². The zero-order valence-electron chi connectivity index (χ0n) is 10.1. The number of carbonyl (C=O) groups is 1. The van der Waals surface area contributed by atoms with Crippen LogP contribution in [0.3, 0.4) is 0 Å². The Bertz CT molecular complexity index is 544. The number of nitrogens with zero attached hydrogens (tertiary/aromatic N) is 2. The first-order valence-corrected chi connectivity index (χ1v) is 5.67. The second-order valence-corrected chi connectivity index (χ2v) is 4.19. The van der Waals surface area contributed by atoms with Crippen LogP contribution in [0, 0.1) is 0 Å². The third kappa shape index (κ3) is 2.57. The molecule has 1 amide bonds. The van der Waals surface area contributed by atoms with Gasteiger partial charge in [0, 0.05) is 30.1 Å². The number of benzene rings is 1. The Kier molecular flexibility index (Phi) is 3.43. The van der Waals surface area contributed by atoms with Gasteiger partial charge in [0.05, 0.1) is 6.10 Å². The molecule has 1 aromatic heterocycles. The van der Waals surface area contributed by atoms with Crippen LogP contribution < -0.4 is 5.73 Å². The van der Waals surface area contributed by atoms with Gasteiger partial charge in [-0.2, -0.15) is 0 Å². The summed E-state index contributed by atoms with van der Waals surface area (Å²) < 4.78 is 1.87. The smallest absolute Gasteiger partial charge is 0.248 e. The van der Waals surface area contributed by atoms with E-state index in [1.54, 1.807) is 37.4 Å². The van der Waals surface area contributed by atoms with E-state index in [4.69, 9.17) is 5.73 Å². The first kappa shape index (κ1) is 12.3. The SMILES string of the molecule is C[C@@H](O)Cn1ccnc1-c1ccc(C(N)=O)cc1. The molecule has 0 spiro atoms. The zero-order valence-corrected chi connectivity index (χ0v) is 10.1. The average Bonchev–Trinajstić information content (AvgIpc) is 2.76. The number of carbonyl (C=O) groups excluding carboxylic acids is 1. The summed E-state index contributed by atoms with van der Waals surface area (Å²) in [6, 6.07) is 6.92. The second kappa shape index (κ2) is 5.01. The highest BCUT2D eigenvalue weighted by atomic mass is 16.3. The number of imidazole rings is 1. The van der Waals surface area contributed by atoms with Crippen LogP contribution in [0.5, 0.6) is 0 Å². The van der Waals surface area contributed by atoms with Crippen molar-refractivity contribution in [3.05, 3.63) is 42.2 Å². The number of aliphatic hydroxyl groups excluding tert-OH is 1. The van der Waals surface area contributed by atoms with Crippen molar-refractivity contribution in [2.75, 3.05) is 0 Å². The molecule has 1 atom stereocenters. The third-order valence-corrected chi connectivity index (χ3v) is 2.60. The number of primary amides is 1. The fraction of sp³-hybridized carbons (Fsp3) is 0.231. The van der Waals surface area contributed by atoms with Gasteiger partial charge in [0.15, 0.2) is 0 Å². The van der Waals surface area contributed by atoms with Crippen LogP contribution in [-0.4, -0.2) is 26.7 Å². The van der Waals surface area contributed by atoms with E-state index in [2.05, 4.69) is 4.98 Å². The molecule has 1 aromatic carbocycles. The van der Waals surface area contributed by atoms with Crippen molar-refractivity contribution in [3.63, 3.8) is 0 Å². The highest BCUT2D eigenvalue weighted by molar-refractivity contribution is 5.93. The van der Waals surface area contributed by atoms with Gasteiger partial charge in [0.1, 0.15) is 5.82 Å². The molecule has 94 valence electrons. The Morgan fingerprint density at radius 2 is 2.11 bits per heavy atom. The molecule has 2 aromatic rings. The lowest BCUT2D eigenvalue weighted by atomic mass is 10.1. The van der Waals surface area contributed by atoms with Crippen LogP contribution in [0.15, 0.2) is 36.7 Å². The quantitative estimate of drug-likeness (QED) is 0.844. The molecule has 2 rings (SSSR count). The predicted molar refractivity (Wildman–Crippen MR) is 67.9 cm³/mol. The van der Waals surface area contributed by atoms with Gasteiger partial charge in [-0.15, -0.1) is 0 Å². The minimum absolute atomic E-state index is 0.442. The first-order chi connectivity index (χ1) is 8.58. The maximum absolute atomic E-state index is 11.0. The minimum Gasteiger partial charge on any atom is -0.392 e. The van der Waals surface area contributed by atoms with Crippen molar-refractivity contribution in [2.24, 2.45) is 5.73 Å². The van der Waals surface area contributed by atoms with Crippen LogP contribution >= 0.6 is 0 Å². The van der Waals surface area contributed by atoms with E-state index in [-0.39, 0.29) is 0 Å². The molecule has 0 aliphatic rings. The van der Waals surface area contributed by atoms with E-state index in [0.717, 1.165) is 11.4 Å². The zero-order chi connectivity index (χ0) is 13.1. The molecule has 0 saturated heterocycles. The van der Waals surface area contributed by atoms with E-state index < -0.39 is 12.0 Å². The molecule has 5 nitrogen and oxygen atoms in total. The first-order valence-electron chi connectivity index (χ1n) is 5.67. The molecule has 18 heavy (non-hydrogen) atoms. The Morgan fingerprint density at radius 3 is 2.67 bits per heavy atom. The molecule has 0 fully saturated rings. The molecule has 0 unspecified atom stereocenters. The standard InChI is InChI=1S/C13H15N3O2/c1-9(17)8-16-7-6-15-13(16)11-4-2-10(3-5-11)12(14)18/h2-7,9,17H,8H2,1H3,(H2,14,18)/t9-/m1/s1. The lowest BCUT2D eigenvalue weighted by Crippen LogP contribution is -2.12. The van der Waals surface area contributed by atoms with Crippen LogP contribution in [0.1, 0.15) is 17.3 Å². The number of hydrogen-bond donors (Lipinski definition) is 2. The number of hydrogen-bond acceptors (Lipinski definition) is 3. The highest BCUT2D eigenvalue weighted by Crippen LogP contribution is 2.18. The van der Waals surface area contributed by atoms with Crippen molar-refractivity contribution in [2.45, 2.75) is 19.6 Å². The topological polar surface area (TPSA) is 81.1 Å². The molecule has 1 heterocycles. The van der Waals surface area contributed by atoms with Crippen molar-refractivity contribution < 1.29 is 9.90 Å². The summed E-state index contributed by atoms with van der Waals surface area (Å²) in [5.41, 5.74) is 6.53. The maximum Gasteiger partial charge on any atom is 0.248 e. The van der Waals surface area contributed by atoms with Crippen molar-refractivity contribution in [3.8, 4) is 11.4 Å². The average molecular weight is 245 g/mol. The Balaban J connectivity index is 2.31. The predicted octanol–water partition coefficient (Wildman–Crippen LogP) is 1.03. The molecule has 0 bridgehead atoms.